The Morgan fingerprint density at radius 3 is 2.36 bits per heavy atom. The molecule has 0 bridgehead atoms. The first-order chi connectivity index (χ1) is 12.2. The highest BCUT2D eigenvalue weighted by Crippen LogP contribution is 2.23. The fourth-order valence-corrected chi connectivity index (χ4v) is 2.71. The van der Waals surface area contributed by atoms with Crippen molar-refractivity contribution in [2.45, 2.75) is 13.1 Å². The van der Waals surface area contributed by atoms with Gasteiger partial charge in [-0.3, -0.25) is 5.10 Å². The Labute approximate surface area is 148 Å². The predicted molar refractivity (Wildman–Crippen MR) is 102 cm³/mol. The molecule has 0 saturated heterocycles. The van der Waals surface area contributed by atoms with Crippen LogP contribution in [-0.2, 0) is 13.1 Å². The van der Waals surface area contributed by atoms with Crippen LogP contribution in [0.4, 0.5) is 5.69 Å². The number of anilines is 1. The molecule has 0 aliphatic carbocycles. The molecule has 3 rings (SSSR count). The van der Waals surface area contributed by atoms with Gasteiger partial charge in [-0.05, 0) is 42.0 Å². The topological polar surface area (TPSA) is 53.2 Å². The average Bonchev–Trinajstić information content (AvgIpc) is 3.11. The maximum atomic E-state index is 5.21. The van der Waals surface area contributed by atoms with Crippen LogP contribution in [0.3, 0.4) is 0 Å². The van der Waals surface area contributed by atoms with Crippen LogP contribution in [0.15, 0.2) is 54.7 Å². The van der Waals surface area contributed by atoms with Gasteiger partial charge in [0.05, 0.1) is 19.0 Å². The van der Waals surface area contributed by atoms with Gasteiger partial charge in [0.2, 0.25) is 0 Å². The van der Waals surface area contributed by atoms with Crippen molar-refractivity contribution in [1.29, 1.82) is 0 Å². The fraction of sp³-hybridized carbons (Fsp3) is 0.250. The van der Waals surface area contributed by atoms with Crippen LogP contribution in [0.5, 0.6) is 5.75 Å². The van der Waals surface area contributed by atoms with Crippen LogP contribution in [0.2, 0.25) is 0 Å². The van der Waals surface area contributed by atoms with E-state index in [0.29, 0.717) is 0 Å². The van der Waals surface area contributed by atoms with E-state index >= 15 is 0 Å². The molecule has 0 aliphatic heterocycles. The van der Waals surface area contributed by atoms with Gasteiger partial charge in [-0.1, -0.05) is 12.1 Å². The second kappa shape index (κ2) is 7.85. The normalized spacial score (nSPS) is 10.7. The van der Waals surface area contributed by atoms with Crippen molar-refractivity contribution in [2.24, 2.45) is 0 Å². The summed E-state index contributed by atoms with van der Waals surface area (Å²) in [5.74, 6) is 0.851. The molecule has 0 spiro atoms. The Hall–Kier alpha value is -2.79. The molecule has 25 heavy (non-hydrogen) atoms. The summed E-state index contributed by atoms with van der Waals surface area (Å²) >= 11 is 0. The van der Waals surface area contributed by atoms with E-state index in [9.17, 15) is 0 Å². The molecule has 0 aliphatic rings. The summed E-state index contributed by atoms with van der Waals surface area (Å²) in [6, 6.07) is 16.6. The van der Waals surface area contributed by atoms with Crippen molar-refractivity contribution in [3.05, 3.63) is 65.9 Å². The largest absolute Gasteiger partial charge is 0.497 e. The van der Waals surface area contributed by atoms with Gasteiger partial charge in [0.15, 0.2) is 0 Å². The summed E-state index contributed by atoms with van der Waals surface area (Å²) in [4.78, 5) is 2.10. The summed E-state index contributed by atoms with van der Waals surface area (Å²) < 4.78 is 5.21. The van der Waals surface area contributed by atoms with E-state index in [0.717, 1.165) is 35.7 Å². The molecule has 0 atom stereocenters. The molecule has 2 N–H and O–H groups in total. The van der Waals surface area contributed by atoms with E-state index in [4.69, 9.17) is 4.74 Å². The molecule has 3 aromatic rings. The molecule has 0 radical (unpaired) electrons. The number of ether oxygens (including phenoxy) is 1. The number of benzene rings is 2. The van der Waals surface area contributed by atoms with Gasteiger partial charge in [0.25, 0.3) is 0 Å². The standard InChI is InChI=1S/C20H24N4O/c1-24(2)18-8-4-15(5-9-18)12-21-13-17-14-22-23-20(17)16-6-10-19(25-3)11-7-16/h4-11,14,21H,12-13H2,1-3H3,(H,22,23). The average molecular weight is 336 g/mol. The SMILES string of the molecule is COc1ccc(-c2[nH]ncc2CNCc2ccc(N(C)C)cc2)cc1. The molecule has 0 unspecified atom stereocenters. The number of aromatic amines is 1. The molecule has 5 heteroatoms. The van der Waals surface area contributed by atoms with E-state index in [1.807, 2.05) is 44.6 Å². The lowest BCUT2D eigenvalue weighted by Crippen LogP contribution is -2.13. The predicted octanol–water partition coefficient (Wildman–Crippen LogP) is 3.44. The maximum absolute atomic E-state index is 5.21. The Morgan fingerprint density at radius 1 is 1.00 bits per heavy atom. The van der Waals surface area contributed by atoms with E-state index in [1.165, 1.54) is 11.3 Å². The van der Waals surface area contributed by atoms with Crippen molar-refractivity contribution in [3.63, 3.8) is 0 Å². The number of nitrogens with one attached hydrogen (secondary N) is 2. The van der Waals surface area contributed by atoms with Gasteiger partial charge in [-0.2, -0.15) is 5.10 Å². The second-order valence-corrected chi connectivity index (χ2v) is 6.16. The molecule has 2 aromatic carbocycles. The maximum Gasteiger partial charge on any atom is 0.118 e. The third-order valence-electron chi connectivity index (χ3n) is 4.19. The summed E-state index contributed by atoms with van der Waals surface area (Å²) in [7, 11) is 5.77. The summed E-state index contributed by atoms with van der Waals surface area (Å²) in [6.07, 6.45) is 1.88. The van der Waals surface area contributed by atoms with E-state index < -0.39 is 0 Å². The number of hydrogen-bond donors (Lipinski definition) is 2. The van der Waals surface area contributed by atoms with Gasteiger partial charge in [-0.25, -0.2) is 0 Å². The van der Waals surface area contributed by atoms with Gasteiger partial charge in [-0.15, -0.1) is 0 Å². The molecule has 0 amide bonds. The minimum atomic E-state index is 0.757. The minimum absolute atomic E-state index is 0.757. The van der Waals surface area contributed by atoms with E-state index in [1.54, 1.807) is 7.11 Å². The van der Waals surface area contributed by atoms with Crippen molar-refractivity contribution >= 4 is 5.69 Å². The number of methoxy groups -OCH3 is 1. The fourth-order valence-electron chi connectivity index (χ4n) is 2.71. The highest BCUT2D eigenvalue weighted by Gasteiger charge is 2.08. The van der Waals surface area contributed by atoms with Gasteiger partial charge < -0.3 is 15.0 Å². The van der Waals surface area contributed by atoms with Gasteiger partial charge in [0, 0.05) is 44.0 Å². The summed E-state index contributed by atoms with van der Waals surface area (Å²) in [5.41, 5.74) is 5.76. The lowest BCUT2D eigenvalue weighted by Gasteiger charge is -2.13. The zero-order chi connectivity index (χ0) is 17.6. The second-order valence-electron chi connectivity index (χ2n) is 6.16. The third-order valence-corrected chi connectivity index (χ3v) is 4.19. The highest BCUT2D eigenvalue weighted by atomic mass is 16.5. The van der Waals surface area contributed by atoms with Crippen LogP contribution < -0.4 is 15.0 Å². The molecule has 5 nitrogen and oxygen atoms in total. The van der Waals surface area contributed by atoms with Crippen LogP contribution in [-0.4, -0.2) is 31.4 Å². The first-order valence-electron chi connectivity index (χ1n) is 8.31. The number of rotatable bonds is 7. The van der Waals surface area contributed by atoms with Gasteiger partial charge >= 0.3 is 0 Å². The number of nitrogens with zero attached hydrogens (tertiary/aromatic N) is 2. The Balaban J connectivity index is 1.61. The molecule has 1 heterocycles. The lowest BCUT2D eigenvalue weighted by atomic mass is 10.1. The Morgan fingerprint density at radius 2 is 1.72 bits per heavy atom. The Bertz CT molecular complexity index is 791. The summed E-state index contributed by atoms with van der Waals surface area (Å²) in [6.45, 7) is 1.58. The lowest BCUT2D eigenvalue weighted by molar-refractivity contribution is 0.415. The quantitative estimate of drug-likeness (QED) is 0.694. The van der Waals surface area contributed by atoms with Gasteiger partial charge in [0.1, 0.15) is 5.75 Å². The third kappa shape index (κ3) is 4.19. The number of H-pyrrole nitrogens is 1. The Kier molecular flexibility index (Phi) is 5.36. The zero-order valence-corrected chi connectivity index (χ0v) is 14.9. The van der Waals surface area contributed by atoms with Crippen LogP contribution >= 0.6 is 0 Å². The summed E-state index contributed by atoms with van der Waals surface area (Å²) in [5, 5.41) is 10.8. The van der Waals surface area contributed by atoms with Crippen molar-refractivity contribution < 1.29 is 4.74 Å². The molecule has 0 saturated carbocycles. The van der Waals surface area contributed by atoms with E-state index in [2.05, 4.69) is 44.7 Å². The highest BCUT2D eigenvalue weighted by molar-refractivity contribution is 5.63. The first-order valence-corrected chi connectivity index (χ1v) is 8.31. The molecule has 1 aromatic heterocycles. The number of aromatic nitrogens is 2. The monoisotopic (exact) mass is 336 g/mol. The van der Waals surface area contributed by atoms with Crippen molar-refractivity contribution in [2.75, 3.05) is 26.1 Å². The minimum Gasteiger partial charge on any atom is -0.497 e. The molecular formula is C20H24N4O. The molecular weight excluding hydrogens is 312 g/mol. The van der Waals surface area contributed by atoms with Crippen LogP contribution in [0.25, 0.3) is 11.3 Å². The zero-order valence-electron chi connectivity index (χ0n) is 14.9. The number of hydrogen-bond acceptors (Lipinski definition) is 4. The van der Waals surface area contributed by atoms with E-state index in [-0.39, 0.29) is 0 Å². The van der Waals surface area contributed by atoms with Crippen molar-refractivity contribution in [1.82, 2.24) is 15.5 Å². The van der Waals surface area contributed by atoms with Crippen molar-refractivity contribution in [3.8, 4) is 17.0 Å². The molecule has 130 valence electrons. The smallest absolute Gasteiger partial charge is 0.118 e. The van der Waals surface area contributed by atoms with Crippen LogP contribution in [0, 0.1) is 0 Å². The first kappa shape index (κ1) is 17.0. The van der Waals surface area contributed by atoms with Crippen LogP contribution in [0.1, 0.15) is 11.1 Å². The molecule has 0 fully saturated rings.